The first kappa shape index (κ1) is 15.0. The van der Waals surface area contributed by atoms with Gasteiger partial charge in [0, 0.05) is 11.1 Å². The summed E-state index contributed by atoms with van der Waals surface area (Å²) in [5, 5.41) is 4.81. The van der Waals surface area contributed by atoms with E-state index in [1.807, 2.05) is 6.07 Å². The van der Waals surface area contributed by atoms with Crippen LogP contribution in [0.4, 0.5) is 0 Å². The fourth-order valence-corrected chi connectivity index (χ4v) is 2.92. The van der Waals surface area contributed by atoms with Gasteiger partial charge in [-0.2, -0.15) is 0 Å². The lowest BCUT2D eigenvalue weighted by Crippen LogP contribution is -2.32. The van der Waals surface area contributed by atoms with Crippen molar-refractivity contribution < 1.29 is 4.74 Å². The van der Waals surface area contributed by atoms with Crippen molar-refractivity contribution in [3.63, 3.8) is 0 Å². The van der Waals surface area contributed by atoms with E-state index >= 15 is 0 Å². The highest BCUT2D eigenvalue weighted by Crippen LogP contribution is 2.27. The summed E-state index contributed by atoms with van der Waals surface area (Å²) < 4.78 is 5.65. The average Bonchev–Trinajstić information content (AvgIpc) is 2.42. The standard InChI is InChI=1S/C15H21Cl2NO/c16-12-7-8-15(14(17)11-12)19-10-4-9-18-13-5-2-1-3-6-13/h7-8,11,13,18H,1-6,9-10H2. The van der Waals surface area contributed by atoms with Gasteiger partial charge in [0.25, 0.3) is 0 Å². The van der Waals surface area contributed by atoms with E-state index < -0.39 is 0 Å². The third-order valence-electron chi connectivity index (χ3n) is 3.51. The largest absolute Gasteiger partial charge is 0.492 e. The molecule has 1 aromatic rings. The molecule has 1 saturated carbocycles. The first-order chi connectivity index (χ1) is 9.25. The van der Waals surface area contributed by atoms with Crippen molar-refractivity contribution in [2.24, 2.45) is 0 Å². The second kappa shape index (κ2) is 7.98. The zero-order valence-electron chi connectivity index (χ0n) is 11.1. The highest BCUT2D eigenvalue weighted by Gasteiger charge is 2.11. The van der Waals surface area contributed by atoms with Gasteiger partial charge in [-0.05, 0) is 44.0 Å². The molecule has 0 aromatic heterocycles. The van der Waals surface area contributed by atoms with Crippen LogP contribution in [-0.4, -0.2) is 19.2 Å². The Labute approximate surface area is 125 Å². The zero-order valence-corrected chi connectivity index (χ0v) is 12.6. The molecular formula is C15H21Cl2NO. The van der Waals surface area contributed by atoms with Gasteiger partial charge >= 0.3 is 0 Å². The molecule has 0 radical (unpaired) electrons. The van der Waals surface area contributed by atoms with Gasteiger partial charge in [-0.15, -0.1) is 0 Å². The molecule has 19 heavy (non-hydrogen) atoms. The van der Waals surface area contributed by atoms with Crippen LogP contribution in [0.3, 0.4) is 0 Å². The number of hydrogen-bond acceptors (Lipinski definition) is 2. The minimum Gasteiger partial charge on any atom is -0.492 e. The van der Waals surface area contributed by atoms with Crippen molar-refractivity contribution >= 4 is 23.2 Å². The minimum absolute atomic E-state index is 0.577. The quantitative estimate of drug-likeness (QED) is 0.770. The van der Waals surface area contributed by atoms with E-state index in [1.54, 1.807) is 12.1 Å². The van der Waals surface area contributed by atoms with Gasteiger partial charge < -0.3 is 10.1 Å². The number of halogens is 2. The van der Waals surface area contributed by atoms with Crippen molar-refractivity contribution in [2.75, 3.05) is 13.2 Å². The molecule has 4 heteroatoms. The lowest BCUT2D eigenvalue weighted by Gasteiger charge is -2.22. The lowest BCUT2D eigenvalue weighted by molar-refractivity contribution is 0.297. The van der Waals surface area contributed by atoms with E-state index in [1.165, 1.54) is 32.1 Å². The number of ether oxygens (including phenoxy) is 1. The smallest absolute Gasteiger partial charge is 0.137 e. The first-order valence-corrected chi connectivity index (χ1v) is 7.82. The monoisotopic (exact) mass is 301 g/mol. The second-order valence-electron chi connectivity index (χ2n) is 5.07. The van der Waals surface area contributed by atoms with Crippen molar-refractivity contribution in [2.45, 2.75) is 44.6 Å². The van der Waals surface area contributed by atoms with Gasteiger partial charge in [0.2, 0.25) is 0 Å². The zero-order chi connectivity index (χ0) is 13.5. The summed E-state index contributed by atoms with van der Waals surface area (Å²) in [6.07, 6.45) is 7.78. The van der Waals surface area contributed by atoms with Gasteiger partial charge in [0.05, 0.1) is 11.6 Å². The molecule has 0 heterocycles. The van der Waals surface area contributed by atoms with Gasteiger partial charge in [0.1, 0.15) is 5.75 Å². The molecule has 1 aliphatic rings. The summed E-state index contributed by atoms with van der Waals surface area (Å²) in [6.45, 7) is 1.69. The van der Waals surface area contributed by atoms with Gasteiger partial charge in [-0.3, -0.25) is 0 Å². The molecule has 1 fully saturated rings. The Bertz CT molecular complexity index is 392. The second-order valence-corrected chi connectivity index (χ2v) is 5.91. The van der Waals surface area contributed by atoms with Gasteiger partial charge in [-0.25, -0.2) is 0 Å². The molecule has 0 saturated heterocycles. The summed E-state index contributed by atoms with van der Waals surface area (Å²) in [5.74, 6) is 0.712. The van der Waals surface area contributed by atoms with Gasteiger partial charge in [0.15, 0.2) is 0 Å². The Balaban J connectivity index is 1.61. The highest BCUT2D eigenvalue weighted by atomic mass is 35.5. The molecule has 1 aromatic carbocycles. The van der Waals surface area contributed by atoms with Crippen LogP contribution >= 0.6 is 23.2 Å². The summed E-state index contributed by atoms with van der Waals surface area (Å²) >= 11 is 11.9. The number of rotatable bonds is 6. The van der Waals surface area contributed by atoms with Gasteiger partial charge in [-0.1, -0.05) is 42.5 Å². The van der Waals surface area contributed by atoms with Crippen molar-refractivity contribution in [3.8, 4) is 5.75 Å². The molecule has 0 spiro atoms. The first-order valence-electron chi connectivity index (χ1n) is 7.07. The van der Waals surface area contributed by atoms with Crippen LogP contribution in [-0.2, 0) is 0 Å². The van der Waals surface area contributed by atoms with E-state index in [9.17, 15) is 0 Å². The maximum Gasteiger partial charge on any atom is 0.137 e. The maximum atomic E-state index is 6.04. The average molecular weight is 302 g/mol. The van der Waals surface area contributed by atoms with Crippen LogP contribution in [0.25, 0.3) is 0 Å². The molecule has 0 atom stereocenters. The fourth-order valence-electron chi connectivity index (χ4n) is 2.46. The molecule has 0 bridgehead atoms. The number of benzene rings is 1. The molecule has 0 amide bonds. The predicted molar refractivity (Wildman–Crippen MR) is 81.4 cm³/mol. The third kappa shape index (κ3) is 5.21. The summed E-state index contributed by atoms with van der Waals surface area (Å²) in [5.41, 5.74) is 0. The number of nitrogens with one attached hydrogen (secondary N) is 1. The molecule has 2 rings (SSSR count). The fraction of sp³-hybridized carbons (Fsp3) is 0.600. The molecule has 1 N–H and O–H groups in total. The Morgan fingerprint density at radius 1 is 1.16 bits per heavy atom. The van der Waals surface area contributed by atoms with Crippen molar-refractivity contribution in [1.82, 2.24) is 5.32 Å². The SMILES string of the molecule is Clc1ccc(OCCCNC2CCCCC2)c(Cl)c1. The summed E-state index contributed by atoms with van der Waals surface area (Å²) in [7, 11) is 0. The minimum atomic E-state index is 0.577. The maximum absolute atomic E-state index is 6.04. The molecule has 0 aliphatic heterocycles. The Hall–Kier alpha value is -0.440. The Kier molecular flexibility index (Phi) is 6.29. The molecular weight excluding hydrogens is 281 g/mol. The summed E-state index contributed by atoms with van der Waals surface area (Å²) in [4.78, 5) is 0. The Morgan fingerprint density at radius 2 is 1.95 bits per heavy atom. The third-order valence-corrected chi connectivity index (χ3v) is 4.04. The van der Waals surface area contributed by atoms with E-state index in [-0.39, 0.29) is 0 Å². The van der Waals surface area contributed by atoms with E-state index in [2.05, 4.69) is 5.32 Å². The van der Waals surface area contributed by atoms with Crippen LogP contribution in [0.15, 0.2) is 18.2 Å². The molecule has 0 unspecified atom stereocenters. The molecule has 1 aliphatic carbocycles. The predicted octanol–water partition coefficient (Wildman–Crippen LogP) is 4.68. The van der Waals surface area contributed by atoms with Crippen molar-refractivity contribution in [3.05, 3.63) is 28.2 Å². The van der Waals surface area contributed by atoms with Crippen LogP contribution in [0, 0.1) is 0 Å². The van der Waals surface area contributed by atoms with Crippen LogP contribution in [0.2, 0.25) is 10.0 Å². The lowest BCUT2D eigenvalue weighted by atomic mass is 9.95. The van der Waals surface area contributed by atoms with Crippen LogP contribution in [0.1, 0.15) is 38.5 Å². The summed E-state index contributed by atoms with van der Waals surface area (Å²) in [6, 6.07) is 6.04. The highest BCUT2D eigenvalue weighted by molar-refractivity contribution is 6.35. The van der Waals surface area contributed by atoms with E-state index in [4.69, 9.17) is 27.9 Å². The van der Waals surface area contributed by atoms with Crippen LogP contribution < -0.4 is 10.1 Å². The topological polar surface area (TPSA) is 21.3 Å². The normalized spacial score (nSPS) is 16.5. The van der Waals surface area contributed by atoms with E-state index in [0.717, 1.165) is 13.0 Å². The molecule has 106 valence electrons. The molecule has 2 nitrogen and oxygen atoms in total. The van der Waals surface area contributed by atoms with Crippen molar-refractivity contribution in [1.29, 1.82) is 0 Å². The van der Waals surface area contributed by atoms with E-state index in [0.29, 0.717) is 28.4 Å². The van der Waals surface area contributed by atoms with Crippen LogP contribution in [0.5, 0.6) is 5.75 Å². The number of hydrogen-bond donors (Lipinski definition) is 1. The Morgan fingerprint density at radius 3 is 2.68 bits per heavy atom.